The second kappa shape index (κ2) is 19.2. The van der Waals surface area contributed by atoms with Crippen LogP contribution in [0.15, 0.2) is 69.9 Å². The fraction of sp³-hybridized carbons (Fsp3) is 0.459. The first-order valence-corrected chi connectivity index (χ1v) is 16.2. The van der Waals surface area contributed by atoms with Gasteiger partial charge in [-0.05, 0) is 68.1 Å². The Hall–Kier alpha value is -4.40. The summed E-state index contributed by atoms with van der Waals surface area (Å²) in [6.45, 7) is 10.7. The van der Waals surface area contributed by atoms with Gasteiger partial charge in [0.1, 0.15) is 22.6 Å². The molecule has 0 aliphatic heterocycles. The van der Waals surface area contributed by atoms with E-state index in [9.17, 15) is 19.2 Å². The van der Waals surface area contributed by atoms with Crippen molar-refractivity contribution in [3.05, 3.63) is 82.2 Å². The van der Waals surface area contributed by atoms with E-state index in [1.807, 2.05) is 0 Å². The van der Waals surface area contributed by atoms with Crippen molar-refractivity contribution in [3.8, 4) is 11.5 Å². The molecule has 3 rings (SSSR count). The van der Waals surface area contributed by atoms with Crippen molar-refractivity contribution in [1.82, 2.24) is 0 Å². The predicted molar refractivity (Wildman–Crippen MR) is 176 cm³/mol. The number of hydrogen-bond donors (Lipinski definition) is 0. The zero-order valence-electron chi connectivity index (χ0n) is 27.3. The molecule has 0 radical (unpaired) electrons. The molecule has 1 unspecified atom stereocenters. The molecule has 0 saturated heterocycles. The average Bonchev–Trinajstić information content (AvgIpc) is 3.05. The van der Waals surface area contributed by atoms with Crippen molar-refractivity contribution < 1.29 is 37.7 Å². The lowest BCUT2D eigenvalue weighted by Crippen LogP contribution is -2.17. The van der Waals surface area contributed by atoms with Gasteiger partial charge in [-0.2, -0.15) is 0 Å². The predicted octanol–water partition coefficient (Wildman–Crippen LogP) is 8.22. The van der Waals surface area contributed by atoms with Gasteiger partial charge in [0.15, 0.2) is 0 Å². The lowest BCUT2D eigenvalue weighted by atomic mass is 10.1. The van der Waals surface area contributed by atoms with Gasteiger partial charge in [-0.3, -0.25) is 0 Å². The molecule has 2 aromatic carbocycles. The monoisotopic (exact) mass is 634 g/mol. The molecule has 9 nitrogen and oxygen atoms in total. The Bertz CT molecular complexity index is 1500. The highest BCUT2D eigenvalue weighted by atomic mass is 16.5. The van der Waals surface area contributed by atoms with Gasteiger partial charge < -0.3 is 23.4 Å². The zero-order valence-corrected chi connectivity index (χ0v) is 27.3. The zero-order chi connectivity index (χ0) is 33.3. The minimum absolute atomic E-state index is 0.178. The van der Waals surface area contributed by atoms with Crippen molar-refractivity contribution in [2.45, 2.75) is 85.0 Å². The highest BCUT2D eigenvalue weighted by Gasteiger charge is 2.17. The third kappa shape index (κ3) is 12.2. The maximum atomic E-state index is 12.6. The molecule has 46 heavy (non-hydrogen) atoms. The number of rotatable bonds is 20. The van der Waals surface area contributed by atoms with E-state index in [0.717, 1.165) is 57.8 Å². The summed E-state index contributed by atoms with van der Waals surface area (Å²) in [5, 5.41) is 0.502. The largest absolute Gasteiger partial charge is 0.493 e. The molecule has 0 aliphatic rings. The molecule has 1 aromatic heterocycles. The number of esters is 3. The second-order valence-corrected chi connectivity index (χ2v) is 11.6. The van der Waals surface area contributed by atoms with E-state index < -0.39 is 17.6 Å². The fourth-order valence-corrected chi connectivity index (χ4v) is 4.48. The van der Waals surface area contributed by atoms with Crippen LogP contribution >= 0.6 is 0 Å². The Kier molecular flexibility index (Phi) is 15.0. The summed E-state index contributed by atoms with van der Waals surface area (Å²) < 4.78 is 27.0. The molecule has 0 saturated carbocycles. The maximum Gasteiger partial charge on any atom is 0.351 e. The van der Waals surface area contributed by atoms with Gasteiger partial charge in [-0.15, -0.1) is 0 Å². The van der Waals surface area contributed by atoms with Crippen LogP contribution in [0.4, 0.5) is 0 Å². The molecule has 3 aromatic rings. The van der Waals surface area contributed by atoms with Gasteiger partial charge in [0.05, 0.1) is 25.4 Å². The lowest BCUT2D eigenvalue weighted by molar-refractivity contribution is -0.139. The quantitative estimate of drug-likeness (QED) is 0.0398. The van der Waals surface area contributed by atoms with E-state index in [0.29, 0.717) is 47.8 Å². The standard InChI is InChI=1S/C37H46O9/c1-5-27(4)25-44-30-18-15-28(16-19-30)35(39)45-31-20-17-29-23-32(37(41)46-33(29)24-31)36(40)43-22-14-12-10-8-6-7-9-11-13-21-42-34(38)26(2)3/h15-20,23-24,27H,2,5-14,21-22,25H2,1,3-4H3. The van der Waals surface area contributed by atoms with E-state index in [-0.39, 0.29) is 29.5 Å². The number of unbranched alkanes of at least 4 members (excludes halogenated alkanes) is 8. The minimum Gasteiger partial charge on any atom is -0.493 e. The Morgan fingerprint density at radius 3 is 1.98 bits per heavy atom. The number of fused-ring (bicyclic) bond motifs is 1. The van der Waals surface area contributed by atoms with Crippen LogP contribution in [0.5, 0.6) is 11.5 Å². The molecule has 0 aliphatic carbocycles. The molecule has 0 bridgehead atoms. The van der Waals surface area contributed by atoms with Gasteiger partial charge in [-0.1, -0.05) is 71.8 Å². The number of hydrogen-bond acceptors (Lipinski definition) is 9. The van der Waals surface area contributed by atoms with Gasteiger partial charge >= 0.3 is 23.5 Å². The van der Waals surface area contributed by atoms with Crippen LogP contribution < -0.4 is 15.1 Å². The number of carbonyl (C=O) groups is 3. The van der Waals surface area contributed by atoms with Crippen molar-refractivity contribution in [2.24, 2.45) is 5.92 Å². The highest BCUT2D eigenvalue weighted by molar-refractivity contribution is 5.94. The molecule has 9 heteroatoms. The van der Waals surface area contributed by atoms with Crippen LogP contribution in [0.2, 0.25) is 0 Å². The van der Waals surface area contributed by atoms with Crippen molar-refractivity contribution in [1.29, 1.82) is 0 Å². The first kappa shape index (κ1) is 36.1. The van der Waals surface area contributed by atoms with Crippen LogP contribution in [0, 0.1) is 5.92 Å². The van der Waals surface area contributed by atoms with E-state index in [4.69, 9.17) is 23.4 Å². The van der Waals surface area contributed by atoms with E-state index in [1.165, 1.54) is 12.1 Å². The first-order valence-electron chi connectivity index (χ1n) is 16.2. The van der Waals surface area contributed by atoms with Crippen LogP contribution in [0.1, 0.15) is 106 Å². The van der Waals surface area contributed by atoms with Gasteiger partial charge in [0, 0.05) is 17.0 Å². The average molecular weight is 635 g/mol. The first-order chi connectivity index (χ1) is 22.2. The number of carbonyl (C=O) groups excluding carboxylic acids is 3. The fourth-order valence-electron chi connectivity index (χ4n) is 4.48. The molecule has 1 atom stereocenters. The Morgan fingerprint density at radius 2 is 1.37 bits per heavy atom. The molecular weight excluding hydrogens is 588 g/mol. The molecular formula is C37H46O9. The van der Waals surface area contributed by atoms with E-state index in [1.54, 1.807) is 43.3 Å². The summed E-state index contributed by atoms with van der Waals surface area (Å²) in [4.78, 5) is 49.1. The lowest BCUT2D eigenvalue weighted by Gasteiger charge is -2.11. The molecule has 248 valence electrons. The van der Waals surface area contributed by atoms with Crippen molar-refractivity contribution in [3.63, 3.8) is 0 Å². The molecule has 1 heterocycles. The summed E-state index contributed by atoms with van der Waals surface area (Å²) in [5.74, 6) is -0.302. The molecule has 0 spiro atoms. The summed E-state index contributed by atoms with van der Waals surface area (Å²) in [5.41, 5.74) is -0.0346. The van der Waals surface area contributed by atoms with Crippen LogP contribution in [0.3, 0.4) is 0 Å². The Morgan fingerprint density at radius 1 is 0.783 bits per heavy atom. The molecule has 0 N–H and O–H groups in total. The summed E-state index contributed by atoms with van der Waals surface area (Å²) in [6, 6.07) is 12.8. The number of ether oxygens (including phenoxy) is 4. The van der Waals surface area contributed by atoms with E-state index >= 15 is 0 Å². The van der Waals surface area contributed by atoms with Crippen LogP contribution in [-0.4, -0.2) is 37.7 Å². The third-order valence-electron chi connectivity index (χ3n) is 7.56. The summed E-state index contributed by atoms with van der Waals surface area (Å²) >= 11 is 0. The van der Waals surface area contributed by atoms with E-state index in [2.05, 4.69) is 20.4 Å². The van der Waals surface area contributed by atoms with Crippen molar-refractivity contribution in [2.75, 3.05) is 19.8 Å². The van der Waals surface area contributed by atoms with Crippen molar-refractivity contribution >= 4 is 28.9 Å². The third-order valence-corrected chi connectivity index (χ3v) is 7.56. The van der Waals surface area contributed by atoms with Gasteiger partial charge in [0.25, 0.3) is 0 Å². The smallest absolute Gasteiger partial charge is 0.351 e. The van der Waals surface area contributed by atoms with Crippen LogP contribution in [-0.2, 0) is 14.3 Å². The Balaban J connectivity index is 1.36. The highest BCUT2D eigenvalue weighted by Crippen LogP contribution is 2.23. The number of benzene rings is 2. The van der Waals surface area contributed by atoms with Gasteiger partial charge in [-0.25, -0.2) is 19.2 Å². The van der Waals surface area contributed by atoms with Crippen LogP contribution in [0.25, 0.3) is 11.0 Å². The summed E-state index contributed by atoms with van der Waals surface area (Å²) in [7, 11) is 0. The molecule has 0 fully saturated rings. The van der Waals surface area contributed by atoms with Gasteiger partial charge in [0.2, 0.25) is 0 Å². The minimum atomic E-state index is -0.817. The molecule has 0 amide bonds. The normalized spacial score (nSPS) is 11.5. The Labute approximate surface area is 270 Å². The SMILES string of the molecule is C=C(C)C(=O)OCCCCCCCCCCCOC(=O)c1cc2ccc(OC(=O)c3ccc(OCC(C)CC)cc3)cc2oc1=O. The summed E-state index contributed by atoms with van der Waals surface area (Å²) in [6.07, 6.45) is 10.1. The topological polar surface area (TPSA) is 118 Å². The maximum absolute atomic E-state index is 12.6. The second-order valence-electron chi connectivity index (χ2n) is 11.6.